The molecule has 0 fully saturated rings. The molecule has 0 radical (unpaired) electrons. The Bertz CT molecular complexity index is 690. The molecule has 0 atom stereocenters. The van der Waals surface area contributed by atoms with Crippen molar-refractivity contribution in [3.05, 3.63) is 47.3 Å². The van der Waals surface area contributed by atoms with E-state index in [0.717, 1.165) is 23.5 Å². The molecule has 0 unspecified atom stereocenters. The molecule has 0 aliphatic heterocycles. The first kappa shape index (κ1) is 24.6. The van der Waals surface area contributed by atoms with Gasteiger partial charge in [0.05, 0.1) is 0 Å². The molecule has 1 heterocycles. The summed E-state index contributed by atoms with van der Waals surface area (Å²) in [6.07, 6.45) is 22.0. The molecule has 0 N–H and O–H groups in total. The zero-order valence-corrected chi connectivity index (χ0v) is 19.9. The number of unbranched alkanes of at least 4 members (excludes halogenated alkanes) is 11. The predicted molar refractivity (Wildman–Crippen MR) is 131 cm³/mol. The molecular formula is C28H44N2. The average Bonchev–Trinajstić information content (AvgIpc) is 2.76. The highest BCUT2D eigenvalue weighted by Gasteiger charge is 2.06. The number of hydrogen-bond acceptors (Lipinski definition) is 2. The Morgan fingerprint density at radius 1 is 0.633 bits per heavy atom. The molecule has 0 saturated heterocycles. The summed E-state index contributed by atoms with van der Waals surface area (Å²) in [7, 11) is 0. The van der Waals surface area contributed by atoms with Crippen molar-refractivity contribution < 1.29 is 0 Å². The monoisotopic (exact) mass is 408 g/mol. The van der Waals surface area contributed by atoms with E-state index in [-0.39, 0.29) is 0 Å². The second-order valence-electron chi connectivity index (χ2n) is 8.89. The maximum absolute atomic E-state index is 4.80. The van der Waals surface area contributed by atoms with Crippen molar-refractivity contribution in [1.82, 2.24) is 9.97 Å². The predicted octanol–water partition coefficient (Wildman–Crippen LogP) is 8.65. The van der Waals surface area contributed by atoms with Crippen LogP contribution in [-0.4, -0.2) is 9.97 Å². The van der Waals surface area contributed by atoms with Crippen LogP contribution < -0.4 is 0 Å². The lowest BCUT2D eigenvalue weighted by Gasteiger charge is -2.08. The van der Waals surface area contributed by atoms with E-state index in [4.69, 9.17) is 4.98 Å². The maximum atomic E-state index is 4.80. The summed E-state index contributed by atoms with van der Waals surface area (Å²) >= 11 is 0. The fourth-order valence-corrected chi connectivity index (χ4v) is 4.08. The standard InChI is InChI=1S/C28H44N2/c1-4-6-8-9-10-11-12-13-14-16-18-27-23-29-28(30-24(27)3)26-21-19-25(20-22-26)17-15-7-5-2/h19-23H,4-18H2,1-3H3. The number of aryl methyl sites for hydroxylation is 3. The third-order valence-electron chi connectivity index (χ3n) is 6.16. The Balaban J connectivity index is 1.69. The highest BCUT2D eigenvalue weighted by molar-refractivity contribution is 5.55. The van der Waals surface area contributed by atoms with Gasteiger partial charge < -0.3 is 0 Å². The summed E-state index contributed by atoms with van der Waals surface area (Å²) in [5.74, 6) is 0.861. The zero-order chi connectivity index (χ0) is 21.4. The number of aromatic nitrogens is 2. The van der Waals surface area contributed by atoms with E-state index in [1.54, 1.807) is 0 Å². The summed E-state index contributed by atoms with van der Waals surface area (Å²) < 4.78 is 0. The number of nitrogens with zero attached hydrogens (tertiary/aromatic N) is 2. The molecule has 0 saturated carbocycles. The summed E-state index contributed by atoms with van der Waals surface area (Å²) in [5.41, 5.74) is 5.00. The fourth-order valence-electron chi connectivity index (χ4n) is 4.08. The quantitative estimate of drug-likeness (QED) is 0.260. The molecule has 0 amide bonds. The zero-order valence-electron chi connectivity index (χ0n) is 19.9. The van der Waals surface area contributed by atoms with Crippen molar-refractivity contribution in [2.24, 2.45) is 0 Å². The molecule has 2 nitrogen and oxygen atoms in total. The van der Waals surface area contributed by atoms with Gasteiger partial charge in [0.1, 0.15) is 0 Å². The largest absolute Gasteiger partial charge is 0.236 e. The molecule has 0 spiro atoms. The van der Waals surface area contributed by atoms with Crippen LogP contribution in [0.25, 0.3) is 11.4 Å². The van der Waals surface area contributed by atoms with Crippen LogP contribution in [0.4, 0.5) is 0 Å². The van der Waals surface area contributed by atoms with E-state index in [1.807, 2.05) is 0 Å². The molecule has 2 rings (SSSR count). The lowest BCUT2D eigenvalue weighted by molar-refractivity contribution is 0.556. The molecular weight excluding hydrogens is 364 g/mol. The van der Waals surface area contributed by atoms with E-state index < -0.39 is 0 Å². The first-order valence-electron chi connectivity index (χ1n) is 12.7. The molecule has 0 aliphatic rings. The highest BCUT2D eigenvalue weighted by Crippen LogP contribution is 2.19. The molecule has 1 aromatic heterocycles. The van der Waals surface area contributed by atoms with Crippen LogP contribution >= 0.6 is 0 Å². The minimum atomic E-state index is 0.861. The Morgan fingerprint density at radius 3 is 1.77 bits per heavy atom. The van der Waals surface area contributed by atoms with Gasteiger partial charge in [-0.2, -0.15) is 0 Å². The van der Waals surface area contributed by atoms with Crippen LogP contribution in [0.15, 0.2) is 30.5 Å². The Labute approximate surface area is 185 Å². The van der Waals surface area contributed by atoms with Gasteiger partial charge in [0, 0.05) is 17.5 Å². The minimum Gasteiger partial charge on any atom is -0.236 e. The number of hydrogen-bond donors (Lipinski definition) is 0. The SMILES string of the molecule is CCCCCCCCCCCCc1cnc(-c2ccc(CCCCC)cc2)nc1C. The smallest absolute Gasteiger partial charge is 0.159 e. The lowest BCUT2D eigenvalue weighted by Crippen LogP contribution is -1.98. The van der Waals surface area contributed by atoms with Gasteiger partial charge in [0.15, 0.2) is 5.82 Å². The molecule has 2 heteroatoms. The van der Waals surface area contributed by atoms with Crippen molar-refractivity contribution >= 4 is 0 Å². The molecule has 0 bridgehead atoms. The van der Waals surface area contributed by atoms with Crippen LogP contribution in [-0.2, 0) is 12.8 Å². The first-order chi connectivity index (χ1) is 14.7. The van der Waals surface area contributed by atoms with Crippen LogP contribution in [0.3, 0.4) is 0 Å². The number of benzene rings is 1. The van der Waals surface area contributed by atoms with Gasteiger partial charge in [-0.25, -0.2) is 9.97 Å². The van der Waals surface area contributed by atoms with Crippen molar-refractivity contribution in [2.45, 2.75) is 117 Å². The van der Waals surface area contributed by atoms with Gasteiger partial charge >= 0.3 is 0 Å². The van der Waals surface area contributed by atoms with Gasteiger partial charge in [-0.15, -0.1) is 0 Å². The van der Waals surface area contributed by atoms with Gasteiger partial charge in [-0.05, 0) is 43.7 Å². The van der Waals surface area contributed by atoms with E-state index in [9.17, 15) is 0 Å². The summed E-state index contributed by atoms with van der Waals surface area (Å²) in [5, 5.41) is 0. The third-order valence-corrected chi connectivity index (χ3v) is 6.16. The number of rotatable bonds is 16. The Kier molecular flexibility index (Phi) is 12.4. The molecule has 0 aliphatic carbocycles. The van der Waals surface area contributed by atoms with Crippen LogP contribution in [0.5, 0.6) is 0 Å². The van der Waals surface area contributed by atoms with E-state index in [0.29, 0.717) is 0 Å². The molecule has 1 aromatic carbocycles. The first-order valence-corrected chi connectivity index (χ1v) is 12.7. The van der Waals surface area contributed by atoms with Gasteiger partial charge in [0.25, 0.3) is 0 Å². The van der Waals surface area contributed by atoms with Gasteiger partial charge in [0.2, 0.25) is 0 Å². The minimum absolute atomic E-state index is 0.861. The van der Waals surface area contributed by atoms with Gasteiger partial charge in [-0.3, -0.25) is 0 Å². The van der Waals surface area contributed by atoms with E-state index in [2.05, 4.69) is 56.2 Å². The highest BCUT2D eigenvalue weighted by atomic mass is 14.9. The van der Waals surface area contributed by atoms with Crippen molar-refractivity contribution in [3.63, 3.8) is 0 Å². The second-order valence-corrected chi connectivity index (χ2v) is 8.89. The Hall–Kier alpha value is -1.70. The normalized spacial score (nSPS) is 11.2. The van der Waals surface area contributed by atoms with E-state index in [1.165, 1.54) is 101 Å². The van der Waals surface area contributed by atoms with E-state index >= 15 is 0 Å². The van der Waals surface area contributed by atoms with Crippen molar-refractivity contribution in [2.75, 3.05) is 0 Å². The van der Waals surface area contributed by atoms with Crippen molar-refractivity contribution in [1.29, 1.82) is 0 Å². The van der Waals surface area contributed by atoms with Crippen LogP contribution in [0, 0.1) is 6.92 Å². The molecule has 166 valence electrons. The lowest BCUT2D eigenvalue weighted by atomic mass is 10.0. The molecule has 2 aromatic rings. The fraction of sp³-hybridized carbons (Fsp3) is 0.643. The van der Waals surface area contributed by atoms with Crippen LogP contribution in [0.2, 0.25) is 0 Å². The molecule has 30 heavy (non-hydrogen) atoms. The maximum Gasteiger partial charge on any atom is 0.159 e. The third kappa shape index (κ3) is 9.41. The topological polar surface area (TPSA) is 25.8 Å². The summed E-state index contributed by atoms with van der Waals surface area (Å²) in [4.78, 5) is 9.47. The average molecular weight is 409 g/mol. The second kappa shape index (κ2) is 15.2. The van der Waals surface area contributed by atoms with Crippen molar-refractivity contribution in [3.8, 4) is 11.4 Å². The summed E-state index contributed by atoms with van der Waals surface area (Å²) in [6.45, 7) is 6.67. The Morgan fingerprint density at radius 2 is 1.17 bits per heavy atom. The van der Waals surface area contributed by atoms with Gasteiger partial charge in [-0.1, -0.05) is 109 Å². The van der Waals surface area contributed by atoms with Crippen LogP contribution in [0.1, 0.15) is 114 Å². The summed E-state index contributed by atoms with van der Waals surface area (Å²) in [6, 6.07) is 8.83.